The molecule has 1 amide bonds. The van der Waals surface area contributed by atoms with Gasteiger partial charge in [-0.2, -0.15) is 0 Å². The van der Waals surface area contributed by atoms with E-state index in [2.05, 4.69) is 4.98 Å². The average Bonchev–Trinajstić information content (AvgIpc) is 3.13. The summed E-state index contributed by atoms with van der Waals surface area (Å²) >= 11 is 1.28. The Morgan fingerprint density at radius 1 is 1.36 bits per heavy atom. The standard InChI is InChI=1S/C18H19FN2O3S/c1-11-15(16(22)21-9-3-8-18(21,2)17(23)24)25-14(20-11)10-12-4-6-13(19)7-5-12/h4-7H,3,8-10H2,1-2H3,(H,23,24). The Balaban J connectivity index is 1.83. The van der Waals surface area contributed by atoms with Crippen LogP contribution >= 0.6 is 11.3 Å². The van der Waals surface area contributed by atoms with Crippen LogP contribution in [-0.4, -0.2) is 39.0 Å². The first-order valence-electron chi connectivity index (χ1n) is 8.07. The number of rotatable bonds is 4. The normalized spacial score (nSPS) is 20.0. The number of carbonyl (C=O) groups excluding carboxylic acids is 1. The highest BCUT2D eigenvalue weighted by molar-refractivity contribution is 7.13. The van der Waals surface area contributed by atoms with Gasteiger partial charge in [0.15, 0.2) is 0 Å². The Morgan fingerprint density at radius 3 is 2.68 bits per heavy atom. The molecule has 1 aromatic carbocycles. The maximum absolute atomic E-state index is 13.0. The van der Waals surface area contributed by atoms with E-state index < -0.39 is 11.5 Å². The summed E-state index contributed by atoms with van der Waals surface area (Å²) in [5.41, 5.74) is 0.349. The number of aliphatic carboxylic acids is 1. The summed E-state index contributed by atoms with van der Waals surface area (Å²) in [5.74, 6) is -1.55. The molecule has 5 nitrogen and oxygen atoms in total. The lowest BCUT2D eigenvalue weighted by Gasteiger charge is -2.30. The van der Waals surface area contributed by atoms with E-state index in [0.717, 1.165) is 10.6 Å². The molecule has 1 saturated heterocycles. The molecule has 0 saturated carbocycles. The fourth-order valence-electron chi connectivity index (χ4n) is 3.14. The third kappa shape index (κ3) is 3.28. The fourth-order valence-corrected chi connectivity index (χ4v) is 4.18. The number of halogens is 1. The molecule has 1 unspecified atom stereocenters. The number of hydrogen-bond acceptors (Lipinski definition) is 4. The molecule has 132 valence electrons. The molecule has 0 aliphatic carbocycles. The van der Waals surface area contributed by atoms with Gasteiger partial charge in [0.1, 0.15) is 16.2 Å². The second-order valence-electron chi connectivity index (χ2n) is 6.46. The topological polar surface area (TPSA) is 70.5 Å². The molecule has 1 fully saturated rings. The van der Waals surface area contributed by atoms with Crippen LogP contribution in [0.2, 0.25) is 0 Å². The summed E-state index contributed by atoms with van der Waals surface area (Å²) in [6, 6.07) is 6.17. The molecule has 1 aliphatic heterocycles. The molecule has 1 aromatic heterocycles. The first-order valence-corrected chi connectivity index (χ1v) is 8.89. The quantitative estimate of drug-likeness (QED) is 0.906. The zero-order chi connectivity index (χ0) is 18.2. The van der Waals surface area contributed by atoms with Gasteiger partial charge in [0.2, 0.25) is 0 Å². The summed E-state index contributed by atoms with van der Waals surface area (Å²) in [6.07, 6.45) is 1.64. The van der Waals surface area contributed by atoms with Crippen molar-refractivity contribution in [1.82, 2.24) is 9.88 Å². The summed E-state index contributed by atoms with van der Waals surface area (Å²) in [5, 5.41) is 10.2. The average molecular weight is 362 g/mol. The Bertz CT molecular complexity index is 818. The minimum atomic E-state index is -1.16. The number of benzene rings is 1. The van der Waals surface area contributed by atoms with Gasteiger partial charge in [-0.25, -0.2) is 14.2 Å². The van der Waals surface area contributed by atoms with Crippen molar-refractivity contribution < 1.29 is 19.1 Å². The van der Waals surface area contributed by atoms with E-state index in [1.165, 1.54) is 28.4 Å². The van der Waals surface area contributed by atoms with Crippen LogP contribution in [-0.2, 0) is 11.2 Å². The number of aryl methyl sites for hydroxylation is 1. The zero-order valence-corrected chi connectivity index (χ0v) is 14.9. The number of carbonyl (C=O) groups is 2. The smallest absolute Gasteiger partial charge is 0.329 e. The lowest BCUT2D eigenvalue weighted by molar-refractivity contribution is -0.147. The molecule has 3 rings (SSSR count). The van der Waals surface area contributed by atoms with Gasteiger partial charge in [0.05, 0.1) is 10.7 Å². The molecule has 2 heterocycles. The van der Waals surface area contributed by atoms with Crippen molar-refractivity contribution in [3.63, 3.8) is 0 Å². The SMILES string of the molecule is Cc1nc(Cc2ccc(F)cc2)sc1C(=O)N1CCCC1(C)C(=O)O. The number of aromatic nitrogens is 1. The predicted molar refractivity (Wildman–Crippen MR) is 92.4 cm³/mol. The number of carboxylic acids is 1. The van der Waals surface area contributed by atoms with Crippen LogP contribution in [0, 0.1) is 12.7 Å². The molecule has 1 aliphatic rings. The third-order valence-corrected chi connectivity index (χ3v) is 5.80. The van der Waals surface area contributed by atoms with E-state index in [1.807, 2.05) is 0 Å². The number of hydrogen-bond donors (Lipinski definition) is 1. The maximum Gasteiger partial charge on any atom is 0.329 e. The summed E-state index contributed by atoms with van der Waals surface area (Å²) in [4.78, 5) is 30.8. The van der Waals surface area contributed by atoms with Crippen LogP contribution in [0.4, 0.5) is 4.39 Å². The summed E-state index contributed by atoms with van der Waals surface area (Å²) in [7, 11) is 0. The third-order valence-electron chi connectivity index (χ3n) is 4.65. The minimum Gasteiger partial charge on any atom is -0.480 e. The molecular formula is C18H19FN2O3S. The van der Waals surface area contributed by atoms with E-state index in [9.17, 15) is 19.1 Å². The maximum atomic E-state index is 13.0. The molecule has 0 spiro atoms. The van der Waals surface area contributed by atoms with Gasteiger partial charge in [-0.05, 0) is 44.4 Å². The predicted octanol–water partition coefficient (Wildman–Crippen LogP) is 3.26. The van der Waals surface area contributed by atoms with Crippen molar-refractivity contribution in [2.45, 2.75) is 38.6 Å². The number of likely N-dealkylation sites (tertiary alicyclic amines) is 1. The second-order valence-corrected chi connectivity index (χ2v) is 7.55. The van der Waals surface area contributed by atoms with Gasteiger partial charge < -0.3 is 10.0 Å². The number of thiazole rings is 1. The van der Waals surface area contributed by atoms with Gasteiger partial charge in [0, 0.05) is 13.0 Å². The highest BCUT2D eigenvalue weighted by Crippen LogP contribution is 2.33. The van der Waals surface area contributed by atoms with E-state index in [-0.39, 0.29) is 11.7 Å². The zero-order valence-electron chi connectivity index (χ0n) is 14.1. The Hall–Kier alpha value is -2.28. The van der Waals surface area contributed by atoms with Crippen molar-refractivity contribution >= 4 is 23.2 Å². The molecule has 7 heteroatoms. The van der Waals surface area contributed by atoms with Crippen molar-refractivity contribution in [2.24, 2.45) is 0 Å². The lowest BCUT2D eigenvalue weighted by Crippen LogP contribution is -2.50. The minimum absolute atomic E-state index is 0.275. The summed E-state index contributed by atoms with van der Waals surface area (Å²) < 4.78 is 13.0. The second kappa shape index (κ2) is 6.55. The van der Waals surface area contributed by atoms with E-state index >= 15 is 0 Å². The van der Waals surface area contributed by atoms with E-state index in [0.29, 0.717) is 36.4 Å². The molecule has 2 aromatic rings. The fraction of sp³-hybridized carbons (Fsp3) is 0.389. The largest absolute Gasteiger partial charge is 0.480 e. The van der Waals surface area contributed by atoms with Crippen molar-refractivity contribution in [2.75, 3.05) is 6.54 Å². The summed E-state index contributed by atoms with van der Waals surface area (Å²) in [6.45, 7) is 3.79. The van der Waals surface area contributed by atoms with Crippen molar-refractivity contribution in [3.8, 4) is 0 Å². The molecule has 0 bridgehead atoms. The highest BCUT2D eigenvalue weighted by atomic mass is 32.1. The molecule has 1 N–H and O–H groups in total. The van der Waals surface area contributed by atoms with Crippen molar-refractivity contribution in [1.29, 1.82) is 0 Å². The van der Waals surface area contributed by atoms with Crippen LogP contribution < -0.4 is 0 Å². The number of nitrogens with zero attached hydrogens (tertiary/aromatic N) is 2. The van der Waals surface area contributed by atoms with Crippen LogP contribution in [0.25, 0.3) is 0 Å². The van der Waals surface area contributed by atoms with E-state index in [4.69, 9.17) is 0 Å². The number of amides is 1. The molecular weight excluding hydrogens is 343 g/mol. The van der Waals surface area contributed by atoms with Crippen LogP contribution in [0.5, 0.6) is 0 Å². The molecule has 1 atom stereocenters. The van der Waals surface area contributed by atoms with E-state index in [1.54, 1.807) is 26.0 Å². The van der Waals surface area contributed by atoms with Crippen molar-refractivity contribution in [3.05, 3.63) is 51.2 Å². The monoisotopic (exact) mass is 362 g/mol. The van der Waals surface area contributed by atoms with Gasteiger partial charge >= 0.3 is 5.97 Å². The van der Waals surface area contributed by atoms with Gasteiger partial charge in [-0.15, -0.1) is 11.3 Å². The molecule has 25 heavy (non-hydrogen) atoms. The Labute approximate surface area is 149 Å². The lowest BCUT2D eigenvalue weighted by atomic mass is 9.99. The first kappa shape index (κ1) is 17.5. The highest BCUT2D eigenvalue weighted by Gasteiger charge is 2.46. The van der Waals surface area contributed by atoms with Crippen LogP contribution in [0.1, 0.15) is 45.7 Å². The Kier molecular flexibility index (Phi) is 4.60. The first-order chi connectivity index (χ1) is 11.8. The Morgan fingerprint density at radius 2 is 2.04 bits per heavy atom. The van der Waals surface area contributed by atoms with Crippen LogP contribution in [0.15, 0.2) is 24.3 Å². The van der Waals surface area contributed by atoms with Gasteiger partial charge in [-0.3, -0.25) is 4.79 Å². The molecule has 0 radical (unpaired) electrons. The van der Waals surface area contributed by atoms with Crippen LogP contribution in [0.3, 0.4) is 0 Å². The van der Waals surface area contributed by atoms with Gasteiger partial charge in [0.25, 0.3) is 5.91 Å². The number of carboxylic acid groups (broad SMARTS) is 1. The van der Waals surface area contributed by atoms with Gasteiger partial charge in [-0.1, -0.05) is 12.1 Å².